The van der Waals surface area contributed by atoms with Crippen LogP contribution in [0.3, 0.4) is 0 Å². The van der Waals surface area contributed by atoms with E-state index in [1.54, 1.807) is 39.5 Å². The number of rotatable bonds is 16. The highest BCUT2D eigenvalue weighted by molar-refractivity contribution is 9.11. The summed E-state index contributed by atoms with van der Waals surface area (Å²) >= 11 is 21.7. The van der Waals surface area contributed by atoms with E-state index in [-0.39, 0.29) is 22.0 Å². The molecule has 0 aliphatic heterocycles. The molecule has 0 aromatic heterocycles. The number of aryl methyl sites for hydroxylation is 5. The molecule has 0 fully saturated rings. The fourth-order valence-corrected chi connectivity index (χ4v) is 8.49. The Balaban J connectivity index is -0.000000790. The van der Waals surface area contributed by atoms with Crippen LogP contribution in [-0.4, -0.2) is 83.0 Å². The molecule has 3 radical (unpaired) electrons. The first kappa shape index (κ1) is 71.8. The van der Waals surface area contributed by atoms with Gasteiger partial charge in [0.2, 0.25) is 0 Å². The van der Waals surface area contributed by atoms with E-state index in [2.05, 4.69) is 122 Å². The summed E-state index contributed by atoms with van der Waals surface area (Å²) in [4.78, 5) is 10.5. The Kier molecular flexibility index (Phi) is 44.5. The Morgan fingerprint density at radius 1 is 0.535 bits per heavy atom. The zero-order chi connectivity index (χ0) is 53.6. The number of benzene rings is 5. The van der Waals surface area contributed by atoms with E-state index in [1.807, 2.05) is 94.4 Å². The van der Waals surface area contributed by atoms with Gasteiger partial charge in [0.05, 0.1) is 22.4 Å². The molecule has 0 spiro atoms. The minimum atomic E-state index is 0. The van der Waals surface area contributed by atoms with Crippen LogP contribution in [0.25, 0.3) is 0 Å². The SMILES string of the molecule is C=CCOc1ccc(C)cc1Br.C=CCc1cc(C)cc(Br)c1O.C=CCc1cc(C)cc(Br)c1OCOC.COCCl.COCOc1c(Br)cc(C)cc1CC=O.Cc1ccc(O)c(Br)c1.OOO.[B]. The van der Waals surface area contributed by atoms with Gasteiger partial charge in [0.1, 0.15) is 47.7 Å². The molecule has 0 saturated heterocycles. The summed E-state index contributed by atoms with van der Waals surface area (Å²) in [6, 6.07) is 23.5. The van der Waals surface area contributed by atoms with E-state index in [0.29, 0.717) is 42.8 Å². The highest BCUT2D eigenvalue weighted by atomic mass is 79.9. The highest BCUT2D eigenvalue weighted by Gasteiger charge is 2.10. The van der Waals surface area contributed by atoms with Crippen LogP contribution in [0.5, 0.6) is 28.7 Å². The Bertz CT molecular complexity index is 2230. The number of phenolic OH excluding ortho intramolecular Hbond substituents is 2. The van der Waals surface area contributed by atoms with Gasteiger partial charge in [-0.3, -0.25) is 0 Å². The number of aldehydes is 1. The number of halogens is 6. The van der Waals surface area contributed by atoms with Gasteiger partial charge in [-0.05, 0) is 209 Å². The predicted octanol–water partition coefficient (Wildman–Crippen LogP) is 15.3. The predicted molar refractivity (Wildman–Crippen MR) is 306 cm³/mol. The third kappa shape index (κ3) is 32.3. The summed E-state index contributed by atoms with van der Waals surface area (Å²) in [7, 11) is 4.71. The molecule has 5 aromatic rings. The van der Waals surface area contributed by atoms with Gasteiger partial charge in [-0.2, -0.15) is 0 Å². The zero-order valence-corrected chi connectivity index (χ0v) is 49.9. The summed E-state index contributed by atoms with van der Waals surface area (Å²) < 4.78 is 34.6. The summed E-state index contributed by atoms with van der Waals surface area (Å²) in [6.07, 6.45) is 8.07. The molecule has 0 bridgehead atoms. The van der Waals surface area contributed by atoms with E-state index in [1.165, 1.54) is 11.1 Å². The molecule has 0 unspecified atom stereocenters. The number of ether oxygens (including phenoxy) is 6. The van der Waals surface area contributed by atoms with Crippen molar-refractivity contribution in [3.05, 3.63) is 178 Å². The van der Waals surface area contributed by atoms with Gasteiger partial charge in [0.15, 0.2) is 13.6 Å². The summed E-state index contributed by atoms with van der Waals surface area (Å²) in [5.74, 6) is 2.98. The number of carbonyl (C=O) groups excluding carboxylic acids is 1. The van der Waals surface area contributed by atoms with Gasteiger partial charge in [-0.25, -0.2) is 10.5 Å². The van der Waals surface area contributed by atoms with Crippen LogP contribution in [0.15, 0.2) is 133 Å². The van der Waals surface area contributed by atoms with Crippen LogP contribution < -0.4 is 14.2 Å². The van der Waals surface area contributed by atoms with Crippen LogP contribution in [-0.2, 0) is 43.3 Å². The summed E-state index contributed by atoms with van der Waals surface area (Å²) in [5.41, 5.74) is 8.68. The quantitative estimate of drug-likeness (QED) is 0.0141. The molecule has 0 aliphatic carbocycles. The van der Waals surface area contributed by atoms with Gasteiger partial charge < -0.3 is 43.4 Å². The zero-order valence-electron chi connectivity index (χ0n) is 41.2. The van der Waals surface area contributed by atoms with Crippen molar-refractivity contribution >= 4 is 106 Å². The maximum Gasteiger partial charge on any atom is 0.188 e. The van der Waals surface area contributed by atoms with Crippen molar-refractivity contribution in [1.29, 1.82) is 0 Å². The average Bonchev–Trinajstić information content (AvgIpc) is 3.30. The van der Waals surface area contributed by atoms with Crippen LogP contribution in [0.1, 0.15) is 44.5 Å². The maximum atomic E-state index is 10.5. The Morgan fingerprint density at radius 2 is 0.930 bits per heavy atom. The van der Waals surface area contributed by atoms with Gasteiger partial charge in [-0.15, -0.1) is 13.2 Å². The molecule has 4 N–H and O–H groups in total. The molecule has 12 nitrogen and oxygen atoms in total. The number of carbonyl (C=O) groups is 1. The molecule has 0 heterocycles. The van der Waals surface area contributed by atoms with Gasteiger partial charge >= 0.3 is 0 Å². The molecule has 5 rings (SSSR count). The van der Waals surface area contributed by atoms with Crippen molar-refractivity contribution in [2.24, 2.45) is 0 Å². The first-order valence-corrected chi connectivity index (χ1v) is 25.2. The first-order chi connectivity index (χ1) is 33.3. The smallest absolute Gasteiger partial charge is 0.188 e. The number of hydrogen-bond donors (Lipinski definition) is 4. The monoisotopic (exact) mass is 1320 g/mol. The lowest BCUT2D eigenvalue weighted by atomic mass is 10.1. The number of phenols is 2. The van der Waals surface area contributed by atoms with Crippen molar-refractivity contribution in [3.8, 4) is 28.7 Å². The Labute approximate surface area is 469 Å². The lowest BCUT2D eigenvalue weighted by Crippen LogP contribution is -2.03. The highest BCUT2D eigenvalue weighted by Crippen LogP contribution is 2.33. The van der Waals surface area contributed by atoms with Crippen molar-refractivity contribution in [3.63, 3.8) is 0 Å². The number of hydrogen-bond acceptors (Lipinski definition) is 12. The lowest BCUT2D eigenvalue weighted by Gasteiger charge is -2.12. The second kappa shape index (κ2) is 44.0. The van der Waals surface area contributed by atoms with E-state index in [0.717, 1.165) is 80.0 Å². The normalized spacial score (nSPS) is 9.41. The molecule has 0 saturated carbocycles. The minimum absolute atomic E-state index is 0. The molecule has 0 amide bonds. The van der Waals surface area contributed by atoms with Crippen molar-refractivity contribution in [1.82, 2.24) is 0 Å². The summed E-state index contributed by atoms with van der Waals surface area (Å²) in [5, 5.41) is 34.1. The molecular formula is C52H64BBr5ClO12. The summed E-state index contributed by atoms with van der Waals surface area (Å²) in [6.45, 7) is 22.0. The van der Waals surface area contributed by atoms with Crippen LogP contribution in [0.4, 0.5) is 0 Å². The van der Waals surface area contributed by atoms with E-state index in [9.17, 15) is 9.90 Å². The maximum absolute atomic E-state index is 10.5. The number of methoxy groups -OCH3 is 3. The van der Waals surface area contributed by atoms with Crippen molar-refractivity contribution < 1.29 is 59.0 Å². The Morgan fingerprint density at radius 3 is 1.31 bits per heavy atom. The second-order valence-corrected chi connectivity index (χ2v) is 18.6. The Hall–Kier alpha value is -3.50. The largest absolute Gasteiger partial charge is 0.507 e. The second-order valence-electron chi connectivity index (χ2n) is 14.2. The van der Waals surface area contributed by atoms with E-state index >= 15 is 0 Å². The van der Waals surface area contributed by atoms with Gasteiger partial charge in [0, 0.05) is 41.7 Å². The average molecular weight is 1330 g/mol. The van der Waals surface area contributed by atoms with Crippen LogP contribution >= 0.6 is 91.3 Å². The molecular weight excluding hydrogens is 1260 g/mol. The third-order valence-corrected chi connectivity index (χ3v) is 11.4. The minimum Gasteiger partial charge on any atom is -0.507 e. The van der Waals surface area contributed by atoms with Crippen LogP contribution in [0, 0.1) is 34.6 Å². The third-order valence-electron chi connectivity index (χ3n) is 8.15. The van der Waals surface area contributed by atoms with Gasteiger partial charge in [0.25, 0.3) is 0 Å². The van der Waals surface area contributed by atoms with E-state index < -0.39 is 0 Å². The van der Waals surface area contributed by atoms with Crippen LogP contribution in [0.2, 0.25) is 0 Å². The van der Waals surface area contributed by atoms with Crippen molar-refractivity contribution in [2.45, 2.75) is 53.9 Å². The molecule has 389 valence electrons. The molecule has 0 atom stereocenters. The van der Waals surface area contributed by atoms with E-state index in [4.69, 9.17) is 50.9 Å². The number of aromatic hydroxyl groups is 2. The number of alkyl halides is 1. The fraction of sp³-hybridized carbons (Fsp3) is 0.288. The topological polar surface area (TPSA) is 163 Å². The fourth-order valence-electron chi connectivity index (χ4n) is 5.31. The lowest BCUT2D eigenvalue weighted by molar-refractivity contribution is -0.465. The molecule has 5 aromatic carbocycles. The van der Waals surface area contributed by atoms with Crippen molar-refractivity contribution in [2.75, 3.05) is 47.6 Å². The first-order valence-electron chi connectivity index (χ1n) is 20.7. The molecule has 71 heavy (non-hydrogen) atoms. The molecule has 0 aliphatic rings. The van der Waals surface area contributed by atoms with Gasteiger partial charge in [-0.1, -0.05) is 71.8 Å². The molecule has 19 heteroatoms. The number of allylic oxidation sites excluding steroid dienone is 2. The standard InChI is InChI=1S/C12H15BrO2.C11H13BrO3.2C10H11BrO.C7H7BrO.C2H5ClO.B.H2O3/c1-4-5-10-6-9(2)7-11(13)12(10)15-8-14-3;1-8-5-9(3-4-13)11(10(12)6-8)15-7-14-2;1-3-6-12-10-5-4-8(2)7-9(10)11;1-3-4-8-5-7(2)6-9(11)10(8)12;1-5-2-3-7(9)6(8)4-5;1-4-2-3;;1-3-2/h4,6-7H,1,5,8H2,2-3H3;4-6H,3,7H2,1-2H3;3-5,7H,1,6H2,2H3;3,5-6,12H,1,4H2,2H3;2-4,9H,1H3;2H2,1H3;;1-2H.